The van der Waals surface area contributed by atoms with E-state index in [0.717, 1.165) is 30.3 Å². The van der Waals surface area contributed by atoms with Gasteiger partial charge in [-0.05, 0) is 17.8 Å². The molecule has 0 aromatic carbocycles. The van der Waals surface area contributed by atoms with E-state index in [1.165, 1.54) is 0 Å². The predicted molar refractivity (Wildman–Crippen MR) is 85.8 cm³/mol. The molecule has 0 saturated heterocycles. The van der Waals surface area contributed by atoms with E-state index in [-0.39, 0.29) is 0 Å². The molecule has 5 nitrogen and oxygen atoms in total. The van der Waals surface area contributed by atoms with Gasteiger partial charge in [0.05, 0.1) is 0 Å². The number of aromatic nitrogens is 2. The van der Waals surface area contributed by atoms with Crippen molar-refractivity contribution < 1.29 is 0 Å². The summed E-state index contributed by atoms with van der Waals surface area (Å²) in [6.45, 7) is 15.2. The minimum atomic E-state index is 0.319. The third-order valence-corrected chi connectivity index (χ3v) is 3.05. The van der Waals surface area contributed by atoms with Crippen molar-refractivity contribution in [1.29, 1.82) is 0 Å². The molecule has 5 heteroatoms. The number of nitrogens with one attached hydrogen (secondary N) is 1. The van der Waals surface area contributed by atoms with Crippen molar-refractivity contribution in [3.63, 3.8) is 0 Å². The van der Waals surface area contributed by atoms with Crippen LogP contribution in [0, 0.1) is 11.8 Å². The first kappa shape index (κ1) is 16.7. The monoisotopic (exact) mass is 279 g/mol. The van der Waals surface area contributed by atoms with E-state index in [1.807, 2.05) is 0 Å². The Morgan fingerprint density at radius 1 is 1.05 bits per heavy atom. The van der Waals surface area contributed by atoms with Crippen molar-refractivity contribution in [2.75, 3.05) is 23.4 Å². The first-order valence-corrected chi connectivity index (χ1v) is 7.43. The summed E-state index contributed by atoms with van der Waals surface area (Å²) < 4.78 is 0. The summed E-state index contributed by atoms with van der Waals surface area (Å²) in [5.74, 6) is 8.81. The molecule has 114 valence electrons. The maximum atomic E-state index is 5.60. The average molecular weight is 279 g/mol. The third-order valence-electron chi connectivity index (χ3n) is 3.05. The molecule has 0 radical (unpaired) electrons. The molecule has 0 aliphatic rings. The van der Waals surface area contributed by atoms with E-state index in [1.54, 1.807) is 6.33 Å². The van der Waals surface area contributed by atoms with Crippen LogP contribution < -0.4 is 16.2 Å². The Labute approximate surface area is 123 Å². The van der Waals surface area contributed by atoms with Crippen LogP contribution in [0.15, 0.2) is 6.33 Å². The van der Waals surface area contributed by atoms with Gasteiger partial charge in [-0.2, -0.15) is 0 Å². The first-order chi connectivity index (χ1) is 9.36. The number of nitrogens with two attached hydrogens (primary N) is 1. The van der Waals surface area contributed by atoms with E-state index in [0.29, 0.717) is 17.8 Å². The summed E-state index contributed by atoms with van der Waals surface area (Å²) in [7, 11) is 0. The fraction of sp³-hybridized carbons (Fsp3) is 0.733. The Balaban J connectivity index is 3.23. The Morgan fingerprint density at radius 3 is 2.00 bits per heavy atom. The molecule has 0 amide bonds. The molecule has 0 fully saturated rings. The van der Waals surface area contributed by atoms with Gasteiger partial charge in [0.15, 0.2) is 0 Å². The Hall–Kier alpha value is -1.36. The lowest BCUT2D eigenvalue weighted by Crippen LogP contribution is -2.33. The molecular formula is C15H29N5. The van der Waals surface area contributed by atoms with E-state index >= 15 is 0 Å². The molecule has 0 unspecified atom stereocenters. The highest BCUT2D eigenvalue weighted by Gasteiger charge is 2.20. The van der Waals surface area contributed by atoms with E-state index in [9.17, 15) is 0 Å². The Kier molecular flexibility index (Phi) is 6.20. The van der Waals surface area contributed by atoms with Crippen LogP contribution in [0.4, 0.5) is 11.6 Å². The van der Waals surface area contributed by atoms with Gasteiger partial charge in [-0.1, -0.05) is 41.5 Å². The van der Waals surface area contributed by atoms with Crippen molar-refractivity contribution in [3.8, 4) is 0 Å². The maximum Gasteiger partial charge on any atom is 0.148 e. The third kappa shape index (κ3) is 4.34. The highest BCUT2D eigenvalue weighted by Crippen LogP contribution is 2.31. The number of hydrogen-bond acceptors (Lipinski definition) is 5. The van der Waals surface area contributed by atoms with E-state index in [2.05, 4.69) is 61.8 Å². The molecule has 0 aliphatic carbocycles. The van der Waals surface area contributed by atoms with Crippen LogP contribution in [-0.4, -0.2) is 23.1 Å². The van der Waals surface area contributed by atoms with Gasteiger partial charge in [0.25, 0.3) is 0 Å². The molecule has 0 atom stereocenters. The zero-order valence-electron chi connectivity index (χ0n) is 13.6. The van der Waals surface area contributed by atoms with Crippen LogP contribution >= 0.6 is 0 Å². The highest BCUT2D eigenvalue weighted by molar-refractivity contribution is 5.59. The lowest BCUT2D eigenvalue weighted by atomic mass is 10.0. The van der Waals surface area contributed by atoms with Crippen molar-refractivity contribution in [2.45, 2.75) is 47.5 Å². The Morgan fingerprint density at radius 2 is 1.60 bits per heavy atom. The van der Waals surface area contributed by atoms with Crippen molar-refractivity contribution in [1.82, 2.24) is 9.97 Å². The van der Waals surface area contributed by atoms with Crippen LogP contribution in [0.2, 0.25) is 0 Å². The number of anilines is 2. The highest BCUT2D eigenvalue weighted by atomic mass is 15.3. The molecule has 1 rings (SSSR count). The number of nitrogens with zero attached hydrogens (tertiary/aromatic N) is 3. The Bertz CT molecular complexity index is 405. The summed E-state index contributed by atoms with van der Waals surface area (Å²) in [6.07, 6.45) is 1.59. The number of hydrogen-bond donors (Lipinski definition) is 2. The zero-order valence-corrected chi connectivity index (χ0v) is 13.6. The molecule has 1 aromatic heterocycles. The summed E-state index contributed by atoms with van der Waals surface area (Å²) in [4.78, 5) is 11.1. The molecule has 0 spiro atoms. The molecule has 0 saturated carbocycles. The van der Waals surface area contributed by atoms with Crippen LogP contribution in [0.25, 0.3) is 0 Å². The standard InChI is InChI=1S/C15H29N5/c1-10(2)7-20(8-11(3)4)15-13(12(5)6)14(19-16)17-9-18-15/h9-12H,7-8,16H2,1-6H3,(H,17,18,19). The minimum Gasteiger partial charge on any atom is -0.356 e. The summed E-state index contributed by atoms with van der Waals surface area (Å²) in [6, 6.07) is 0. The lowest BCUT2D eigenvalue weighted by molar-refractivity contribution is 0.545. The van der Waals surface area contributed by atoms with Crippen LogP contribution in [-0.2, 0) is 0 Å². The predicted octanol–water partition coefficient (Wildman–Crippen LogP) is 3.00. The maximum absolute atomic E-state index is 5.60. The van der Waals surface area contributed by atoms with E-state index in [4.69, 9.17) is 5.84 Å². The van der Waals surface area contributed by atoms with Gasteiger partial charge < -0.3 is 10.3 Å². The molecule has 20 heavy (non-hydrogen) atoms. The molecule has 0 bridgehead atoms. The second kappa shape index (κ2) is 7.43. The van der Waals surface area contributed by atoms with Crippen molar-refractivity contribution in [3.05, 3.63) is 11.9 Å². The normalized spacial score (nSPS) is 11.5. The largest absolute Gasteiger partial charge is 0.356 e. The lowest BCUT2D eigenvalue weighted by Gasteiger charge is -2.30. The average Bonchev–Trinajstić information content (AvgIpc) is 2.35. The van der Waals surface area contributed by atoms with Crippen LogP contribution in [0.3, 0.4) is 0 Å². The molecule has 1 heterocycles. The SMILES string of the molecule is CC(C)CN(CC(C)C)c1ncnc(NN)c1C(C)C. The molecular weight excluding hydrogens is 250 g/mol. The van der Waals surface area contributed by atoms with Crippen LogP contribution in [0.5, 0.6) is 0 Å². The fourth-order valence-corrected chi connectivity index (χ4v) is 2.41. The summed E-state index contributed by atoms with van der Waals surface area (Å²) in [5, 5.41) is 0. The number of nitrogen functional groups attached to an aromatic ring is 1. The zero-order chi connectivity index (χ0) is 15.3. The number of hydrazine groups is 1. The summed E-state index contributed by atoms with van der Waals surface area (Å²) in [5.41, 5.74) is 3.79. The van der Waals surface area contributed by atoms with Gasteiger partial charge in [-0.25, -0.2) is 15.8 Å². The number of rotatable bonds is 7. The van der Waals surface area contributed by atoms with Crippen molar-refractivity contribution in [2.24, 2.45) is 17.7 Å². The second-order valence-corrected chi connectivity index (χ2v) is 6.45. The summed E-state index contributed by atoms with van der Waals surface area (Å²) >= 11 is 0. The molecule has 0 aliphatic heterocycles. The van der Waals surface area contributed by atoms with Gasteiger partial charge in [0.2, 0.25) is 0 Å². The van der Waals surface area contributed by atoms with Gasteiger partial charge in [0, 0.05) is 18.7 Å². The fourth-order valence-electron chi connectivity index (χ4n) is 2.41. The topological polar surface area (TPSA) is 67.1 Å². The molecule has 1 aromatic rings. The van der Waals surface area contributed by atoms with Crippen LogP contribution in [0.1, 0.15) is 53.0 Å². The van der Waals surface area contributed by atoms with E-state index < -0.39 is 0 Å². The van der Waals surface area contributed by atoms with Gasteiger partial charge in [-0.3, -0.25) is 0 Å². The van der Waals surface area contributed by atoms with Crippen molar-refractivity contribution >= 4 is 11.6 Å². The smallest absolute Gasteiger partial charge is 0.148 e. The minimum absolute atomic E-state index is 0.319. The first-order valence-electron chi connectivity index (χ1n) is 7.43. The van der Waals surface area contributed by atoms with Gasteiger partial charge in [-0.15, -0.1) is 0 Å². The quantitative estimate of drug-likeness (QED) is 0.593. The second-order valence-electron chi connectivity index (χ2n) is 6.45. The molecule has 3 N–H and O–H groups in total. The van der Waals surface area contributed by atoms with Gasteiger partial charge in [0.1, 0.15) is 18.0 Å². The van der Waals surface area contributed by atoms with Gasteiger partial charge >= 0.3 is 0 Å².